The summed E-state index contributed by atoms with van der Waals surface area (Å²) < 4.78 is 16.5. The van der Waals surface area contributed by atoms with Crippen LogP contribution in [-0.4, -0.2) is 49.3 Å². The van der Waals surface area contributed by atoms with Crippen molar-refractivity contribution >= 4 is 11.7 Å². The second kappa shape index (κ2) is 7.67. The largest absolute Gasteiger partial charge is 0.461 e. The lowest BCUT2D eigenvalue weighted by molar-refractivity contribution is 0.0381. The average molecular weight is 257 g/mol. The maximum Gasteiger partial charge on any atom is 0.361 e. The summed E-state index contributed by atoms with van der Waals surface area (Å²) >= 11 is 0. The summed E-state index contributed by atoms with van der Waals surface area (Å²) in [5.41, 5.74) is 6.07. The van der Waals surface area contributed by atoms with E-state index in [1.165, 1.54) is 4.68 Å². The van der Waals surface area contributed by atoms with Crippen molar-refractivity contribution in [1.29, 1.82) is 0 Å². The van der Waals surface area contributed by atoms with Crippen LogP contribution in [0.15, 0.2) is 6.20 Å². The molecule has 0 saturated heterocycles. The SMILES string of the molecule is COCCOCCCOC(=O)c1nn(C)cc1N. The Bertz CT molecular complexity index is 378. The summed E-state index contributed by atoms with van der Waals surface area (Å²) in [5, 5.41) is 3.92. The van der Waals surface area contributed by atoms with Crippen LogP contribution in [0.1, 0.15) is 16.9 Å². The van der Waals surface area contributed by atoms with Crippen LogP contribution in [0.25, 0.3) is 0 Å². The first-order valence-corrected chi connectivity index (χ1v) is 5.68. The number of ether oxygens (including phenoxy) is 3. The molecule has 102 valence electrons. The molecule has 7 heteroatoms. The number of aromatic nitrogens is 2. The van der Waals surface area contributed by atoms with Crippen LogP contribution in [0.3, 0.4) is 0 Å². The van der Waals surface area contributed by atoms with Gasteiger partial charge in [-0.15, -0.1) is 0 Å². The van der Waals surface area contributed by atoms with Gasteiger partial charge in [0.1, 0.15) is 0 Å². The third-order valence-electron chi connectivity index (χ3n) is 2.15. The summed E-state index contributed by atoms with van der Waals surface area (Å²) in [4.78, 5) is 11.6. The first-order valence-electron chi connectivity index (χ1n) is 5.68. The van der Waals surface area contributed by atoms with E-state index in [0.29, 0.717) is 31.9 Å². The van der Waals surface area contributed by atoms with Crippen LogP contribution < -0.4 is 5.73 Å². The van der Waals surface area contributed by atoms with E-state index >= 15 is 0 Å². The Kier molecular flexibility index (Phi) is 6.16. The molecule has 0 radical (unpaired) electrons. The van der Waals surface area contributed by atoms with Crippen molar-refractivity contribution in [1.82, 2.24) is 9.78 Å². The van der Waals surface area contributed by atoms with Gasteiger partial charge >= 0.3 is 5.97 Å². The molecule has 0 fully saturated rings. The highest BCUT2D eigenvalue weighted by molar-refractivity contribution is 5.92. The number of rotatable bonds is 8. The molecule has 0 aliphatic carbocycles. The molecule has 1 heterocycles. The highest BCUT2D eigenvalue weighted by Crippen LogP contribution is 2.09. The molecule has 0 spiro atoms. The lowest BCUT2D eigenvalue weighted by Gasteiger charge is -2.04. The molecule has 1 rings (SSSR count). The van der Waals surface area contributed by atoms with Gasteiger partial charge in [0.05, 0.1) is 25.5 Å². The number of esters is 1. The van der Waals surface area contributed by atoms with Crippen molar-refractivity contribution < 1.29 is 19.0 Å². The van der Waals surface area contributed by atoms with E-state index in [4.69, 9.17) is 19.9 Å². The Morgan fingerprint density at radius 3 is 2.78 bits per heavy atom. The lowest BCUT2D eigenvalue weighted by Crippen LogP contribution is -2.11. The zero-order valence-corrected chi connectivity index (χ0v) is 10.7. The molecule has 1 aromatic heterocycles. The van der Waals surface area contributed by atoms with Gasteiger partial charge in [-0.05, 0) is 0 Å². The van der Waals surface area contributed by atoms with Gasteiger partial charge in [0.15, 0.2) is 5.69 Å². The first kappa shape index (κ1) is 14.5. The van der Waals surface area contributed by atoms with Crippen LogP contribution in [0, 0.1) is 0 Å². The molecule has 0 aliphatic heterocycles. The van der Waals surface area contributed by atoms with E-state index in [1.807, 2.05) is 0 Å². The number of carbonyl (C=O) groups is 1. The van der Waals surface area contributed by atoms with E-state index in [1.54, 1.807) is 20.4 Å². The van der Waals surface area contributed by atoms with Gasteiger partial charge in [-0.2, -0.15) is 5.10 Å². The summed E-state index contributed by atoms with van der Waals surface area (Å²) in [6, 6.07) is 0. The first-order chi connectivity index (χ1) is 8.65. The summed E-state index contributed by atoms with van der Waals surface area (Å²) in [5.74, 6) is -0.509. The number of nitrogen functional groups attached to an aromatic ring is 1. The van der Waals surface area contributed by atoms with Crippen molar-refractivity contribution in [3.8, 4) is 0 Å². The van der Waals surface area contributed by atoms with Gasteiger partial charge in [-0.25, -0.2) is 4.79 Å². The zero-order valence-electron chi connectivity index (χ0n) is 10.7. The Morgan fingerprint density at radius 1 is 1.39 bits per heavy atom. The van der Waals surface area contributed by atoms with Crippen LogP contribution >= 0.6 is 0 Å². The third-order valence-corrected chi connectivity index (χ3v) is 2.15. The number of anilines is 1. The smallest absolute Gasteiger partial charge is 0.361 e. The minimum atomic E-state index is -0.509. The number of hydrogen-bond donors (Lipinski definition) is 1. The highest BCUT2D eigenvalue weighted by Gasteiger charge is 2.14. The Morgan fingerprint density at radius 2 is 2.17 bits per heavy atom. The van der Waals surface area contributed by atoms with Gasteiger partial charge in [0, 0.05) is 33.4 Å². The highest BCUT2D eigenvalue weighted by atomic mass is 16.5. The van der Waals surface area contributed by atoms with Crippen LogP contribution in [0.2, 0.25) is 0 Å². The third kappa shape index (κ3) is 4.72. The Labute approximate surface area is 106 Å². The molecule has 0 unspecified atom stereocenters. The van der Waals surface area contributed by atoms with Gasteiger partial charge in [-0.3, -0.25) is 4.68 Å². The van der Waals surface area contributed by atoms with Gasteiger partial charge in [-0.1, -0.05) is 0 Å². The van der Waals surface area contributed by atoms with Crippen molar-refractivity contribution in [2.24, 2.45) is 7.05 Å². The molecule has 2 N–H and O–H groups in total. The van der Waals surface area contributed by atoms with E-state index in [-0.39, 0.29) is 12.3 Å². The van der Waals surface area contributed by atoms with E-state index in [2.05, 4.69) is 5.10 Å². The van der Waals surface area contributed by atoms with Crippen LogP contribution in [0.4, 0.5) is 5.69 Å². The van der Waals surface area contributed by atoms with E-state index < -0.39 is 5.97 Å². The minimum Gasteiger partial charge on any atom is -0.461 e. The summed E-state index contributed by atoms with van der Waals surface area (Å²) in [6.45, 7) is 1.90. The second-order valence-electron chi connectivity index (χ2n) is 3.70. The topological polar surface area (TPSA) is 88.6 Å². The molecular formula is C11H19N3O4. The van der Waals surface area contributed by atoms with E-state index in [0.717, 1.165) is 0 Å². The lowest BCUT2D eigenvalue weighted by atomic mass is 10.4. The second-order valence-corrected chi connectivity index (χ2v) is 3.70. The number of hydrogen-bond acceptors (Lipinski definition) is 6. The standard InChI is InChI=1S/C11H19N3O4/c1-14-8-9(12)10(13-14)11(15)18-5-3-4-17-7-6-16-2/h8H,3-7,12H2,1-2H3. The van der Waals surface area contributed by atoms with E-state index in [9.17, 15) is 4.79 Å². The Balaban J connectivity index is 2.16. The summed E-state index contributed by atoms with van der Waals surface area (Å²) in [6.07, 6.45) is 2.19. The van der Waals surface area contributed by atoms with Gasteiger partial charge in [0.2, 0.25) is 0 Å². The molecule has 0 aliphatic rings. The molecular weight excluding hydrogens is 238 g/mol. The molecule has 0 amide bonds. The summed E-state index contributed by atoms with van der Waals surface area (Å²) in [7, 11) is 3.30. The zero-order chi connectivity index (χ0) is 13.4. The monoisotopic (exact) mass is 257 g/mol. The predicted octanol–water partition coefficient (Wildman–Crippen LogP) is 0.212. The van der Waals surface area contributed by atoms with Crippen LogP contribution in [-0.2, 0) is 21.3 Å². The molecule has 0 aromatic carbocycles. The van der Waals surface area contributed by atoms with Crippen molar-refractivity contribution in [2.75, 3.05) is 39.3 Å². The van der Waals surface area contributed by atoms with Crippen LogP contribution in [0.5, 0.6) is 0 Å². The predicted molar refractivity (Wildman–Crippen MR) is 65.2 cm³/mol. The molecule has 0 saturated carbocycles. The number of nitrogens with two attached hydrogens (primary N) is 1. The molecule has 1 aromatic rings. The number of carbonyl (C=O) groups excluding carboxylic acids is 1. The molecule has 18 heavy (non-hydrogen) atoms. The van der Waals surface area contributed by atoms with Gasteiger partial charge in [0.25, 0.3) is 0 Å². The fraction of sp³-hybridized carbons (Fsp3) is 0.636. The number of aryl methyl sites for hydroxylation is 1. The fourth-order valence-electron chi connectivity index (χ4n) is 1.30. The number of nitrogens with zero attached hydrogens (tertiary/aromatic N) is 2. The van der Waals surface area contributed by atoms with Crippen molar-refractivity contribution in [3.05, 3.63) is 11.9 Å². The van der Waals surface area contributed by atoms with Gasteiger partial charge < -0.3 is 19.9 Å². The fourth-order valence-corrected chi connectivity index (χ4v) is 1.30. The average Bonchev–Trinajstić information content (AvgIpc) is 2.67. The molecule has 0 atom stereocenters. The Hall–Kier alpha value is -1.60. The maximum absolute atomic E-state index is 11.6. The minimum absolute atomic E-state index is 0.151. The number of methoxy groups -OCH3 is 1. The molecule has 7 nitrogen and oxygen atoms in total. The molecule has 0 bridgehead atoms. The van der Waals surface area contributed by atoms with Crippen molar-refractivity contribution in [3.63, 3.8) is 0 Å². The normalized spacial score (nSPS) is 10.6. The maximum atomic E-state index is 11.6. The quantitative estimate of drug-likeness (QED) is 0.529. The van der Waals surface area contributed by atoms with Crippen molar-refractivity contribution in [2.45, 2.75) is 6.42 Å².